The molecule has 0 heterocycles. The van der Waals surface area contributed by atoms with Gasteiger partial charge < -0.3 is 15.1 Å². The van der Waals surface area contributed by atoms with Gasteiger partial charge in [0.05, 0.1) is 0 Å². The lowest BCUT2D eigenvalue weighted by molar-refractivity contribution is -0.128. The van der Waals surface area contributed by atoms with E-state index in [9.17, 15) is 4.79 Å². The number of nitrogens with zero attached hydrogens (tertiary/aromatic N) is 3. The van der Waals surface area contributed by atoms with Gasteiger partial charge in [0.1, 0.15) is 0 Å². The van der Waals surface area contributed by atoms with Crippen LogP contribution in [0.25, 0.3) is 0 Å². The molecule has 21 heavy (non-hydrogen) atoms. The molecule has 0 saturated carbocycles. The topological polar surface area (TPSA) is 47.9 Å². The summed E-state index contributed by atoms with van der Waals surface area (Å²) in [6.45, 7) is 1.37. The van der Waals surface area contributed by atoms with Gasteiger partial charge in [-0.15, -0.1) is 24.0 Å². The van der Waals surface area contributed by atoms with Crippen molar-refractivity contribution >= 4 is 35.8 Å². The van der Waals surface area contributed by atoms with Gasteiger partial charge in [-0.25, -0.2) is 0 Å². The van der Waals surface area contributed by atoms with E-state index in [1.807, 2.05) is 30.1 Å². The summed E-state index contributed by atoms with van der Waals surface area (Å²) >= 11 is 0. The number of carbonyl (C=O) groups is 1. The van der Waals surface area contributed by atoms with Crippen LogP contribution in [-0.4, -0.2) is 56.4 Å². The molecule has 0 atom stereocenters. The zero-order chi connectivity index (χ0) is 15.0. The molecule has 5 nitrogen and oxygen atoms in total. The van der Waals surface area contributed by atoms with E-state index in [0.29, 0.717) is 13.0 Å². The van der Waals surface area contributed by atoms with E-state index in [1.165, 1.54) is 5.56 Å². The Bertz CT molecular complexity index is 448. The van der Waals surface area contributed by atoms with E-state index in [2.05, 4.69) is 22.4 Å². The van der Waals surface area contributed by atoms with E-state index in [1.54, 1.807) is 26.0 Å². The summed E-state index contributed by atoms with van der Waals surface area (Å²) in [6.07, 6.45) is 0.463. The zero-order valence-electron chi connectivity index (χ0n) is 13.2. The SMILES string of the molecule is CN=C(NCCC(=O)N(C)C)N(C)Cc1ccccc1.I. The summed E-state index contributed by atoms with van der Waals surface area (Å²) in [5.74, 6) is 0.902. The fourth-order valence-electron chi connectivity index (χ4n) is 1.82. The summed E-state index contributed by atoms with van der Waals surface area (Å²) < 4.78 is 0. The van der Waals surface area contributed by atoms with E-state index in [-0.39, 0.29) is 29.9 Å². The van der Waals surface area contributed by atoms with Gasteiger partial charge in [-0.3, -0.25) is 9.79 Å². The average Bonchev–Trinajstić information content (AvgIpc) is 2.44. The molecule has 0 aliphatic carbocycles. The maximum Gasteiger partial charge on any atom is 0.223 e. The number of aliphatic imine (C=N–C) groups is 1. The third-order valence-electron chi connectivity index (χ3n) is 2.96. The third-order valence-corrected chi connectivity index (χ3v) is 2.96. The Morgan fingerprint density at radius 3 is 2.33 bits per heavy atom. The van der Waals surface area contributed by atoms with E-state index >= 15 is 0 Å². The Morgan fingerprint density at radius 1 is 1.19 bits per heavy atom. The van der Waals surface area contributed by atoms with Gasteiger partial charge >= 0.3 is 0 Å². The summed E-state index contributed by atoms with van der Waals surface area (Å²) in [4.78, 5) is 19.4. The van der Waals surface area contributed by atoms with E-state index < -0.39 is 0 Å². The van der Waals surface area contributed by atoms with Crippen LogP contribution in [-0.2, 0) is 11.3 Å². The summed E-state index contributed by atoms with van der Waals surface area (Å²) in [5.41, 5.74) is 1.22. The minimum atomic E-state index is 0. The highest BCUT2D eigenvalue weighted by molar-refractivity contribution is 14.0. The van der Waals surface area contributed by atoms with Crippen LogP contribution >= 0.6 is 24.0 Å². The van der Waals surface area contributed by atoms with Gasteiger partial charge in [0.25, 0.3) is 0 Å². The lowest BCUT2D eigenvalue weighted by atomic mass is 10.2. The average molecular weight is 404 g/mol. The Kier molecular flexibility index (Phi) is 9.77. The van der Waals surface area contributed by atoms with Crippen LogP contribution in [0.2, 0.25) is 0 Å². The first-order valence-corrected chi connectivity index (χ1v) is 6.70. The molecule has 0 spiro atoms. The van der Waals surface area contributed by atoms with Gasteiger partial charge in [-0.2, -0.15) is 0 Å². The van der Waals surface area contributed by atoms with Gasteiger partial charge in [0, 0.05) is 47.7 Å². The van der Waals surface area contributed by atoms with Crippen LogP contribution in [0.4, 0.5) is 0 Å². The summed E-state index contributed by atoms with van der Waals surface area (Å²) in [6, 6.07) is 10.2. The monoisotopic (exact) mass is 404 g/mol. The van der Waals surface area contributed by atoms with Crippen LogP contribution in [0, 0.1) is 0 Å². The minimum absolute atomic E-state index is 0. The van der Waals surface area contributed by atoms with Crippen molar-refractivity contribution in [3.63, 3.8) is 0 Å². The van der Waals surface area contributed by atoms with Crippen molar-refractivity contribution in [2.75, 3.05) is 34.7 Å². The van der Waals surface area contributed by atoms with Gasteiger partial charge in [0.2, 0.25) is 5.91 Å². The molecule has 1 rings (SSSR count). The number of nitrogens with one attached hydrogen (secondary N) is 1. The van der Waals surface area contributed by atoms with Gasteiger partial charge in [-0.05, 0) is 5.56 Å². The van der Waals surface area contributed by atoms with Crippen molar-refractivity contribution in [1.82, 2.24) is 15.1 Å². The Morgan fingerprint density at radius 2 is 1.81 bits per heavy atom. The van der Waals surface area contributed by atoms with Crippen molar-refractivity contribution in [2.24, 2.45) is 4.99 Å². The second-order valence-electron chi connectivity index (χ2n) is 4.85. The molecule has 0 unspecified atom stereocenters. The third kappa shape index (κ3) is 7.31. The van der Waals surface area contributed by atoms with Crippen molar-refractivity contribution in [3.8, 4) is 0 Å². The molecule has 0 aliphatic rings. The lowest BCUT2D eigenvalue weighted by Gasteiger charge is -2.22. The number of amides is 1. The van der Waals surface area contributed by atoms with E-state index in [4.69, 9.17) is 0 Å². The fraction of sp³-hybridized carbons (Fsp3) is 0.467. The molecule has 1 aromatic carbocycles. The molecule has 0 aliphatic heterocycles. The van der Waals surface area contributed by atoms with Crippen molar-refractivity contribution in [2.45, 2.75) is 13.0 Å². The molecule has 1 aromatic rings. The highest BCUT2D eigenvalue weighted by atomic mass is 127. The Balaban J connectivity index is 0.00000400. The number of hydrogen-bond acceptors (Lipinski definition) is 2. The molecule has 1 N–H and O–H groups in total. The normalized spacial score (nSPS) is 10.6. The number of benzene rings is 1. The first kappa shape index (κ1) is 19.7. The Labute approximate surface area is 144 Å². The van der Waals surface area contributed by atoms with Crippen molar-refractivity contribution in [1.29, 1.82) is 0 Å². The highest BCUT2D eigenvalue weighted by Gasteiger charge is 2.08. The highest BCUT2D eigenvalue weighted by Crippen LogP contribution is 2.02. The molecular weight excluding hydrogens is 379 g/mol. The first-order valence-electron chi connectivity index (χ1n) is 6.70. The van der Waals surface area contributed by atoms with Crippen LogP contribution in [0.1, 0.15) is 12.0 Å². The lowest BCUT2D eigenvalue weighted by Crippen LogP contribution is -2.40. The van der Waals surface area contributed by atoms with Gasteiger partial charge in [-0.1, -0.05) is 30.3 Å². The molecule has 118 valence electrons. The minimum Gasteiger partial charge on any atom is -0.356 e. The largest absolute Gasteiger partial charge is 0.356 e. The number of guanidine groups is 1. The number of halogens is 1. The number of rotatable bonds is 5. The standard InChI is InChI=1S/C15H24N4O.HI/c1-16-15(17-11-10-14(20)18(2)3)19(4)12-13-8-6-5-7-9-13;/h5-9H,10-12H2,1-4H3,(H,16,17);1H. The van der Waals surface area contributed by atoms with Gasteiger partial charge in [0.15, 0.2) is 5.96 Å². The summed E-state index contributed by atoms with van der Waals surface area (Å²) in [5, 5.41) is 3.20. The fourth-order valence-corrected chi connectivity index (χ4v) is 1.82. The maximum absolute atomic E-state index is 11.5. The molecule has 1 amide bonds. The Hall–Kier alpha value is -1.31. The second kappa shape index (κ2) is 10.4. The maximum atomic E-state index is 11.5. The number of carbonyl (C=O) groups excluding carboxylic acids is 1. The smallest absolute Gasteiger partial charge is 0.223 e. The van der Waals surface area contributed by atoms with Crippen LogP contribution in [0.3, 0.4) is 0 Å². The van der Waals surface area contributed by atoms with Crippen LogP contribution in [0.5, 0.6) is 0 Å². The van der Waals surface area contributed by atoms with E-state index in [0.717, 1.165) is 12.5 Å². The van der Waals surface area contributed by atoms with Crippen LogP contribution < -0.4 is 5.32 Å². The van der Waals surface area contributed by atoms with Crippen molar-refractivity contribution < 1.29 is 4.79 Å². The second-order valence-corrected chi connectivity index (χ2v) is 4.85. The molecule has 0 aromatic heterocycles. The predicted molar refractivity (Wildman–Crippen MR) is 98.0 cm³/mol. The first-order chi connectivity index (χ1) is 9.54. The molecule has 0 bridgehead atoms. The van der Waals surface area contributed by atoms with Crippen molar-refractivity contribution in [3.05, 3.63) is 35.9 Å². The number of hydrogen-bond donors (Lipinski definition) is 1. The quantitative estimate of drug-likeness (QED) is 0.463. The summed E-state index contributed by atoms with van der Waals surface area (Å²) in [7, 11) is 7.26. The molecule has 6 heteroatoms. The molecule has 0 radical (unpaired) electrons. The van der Waals surface area contributed by atoms with Crippen LogP contribution in [0.15, 0.2) is 35.3 Å². The zero-order valence-corrected chi connectivity index (χ0v) is 15.5. The molecule has 0 saturated heterocycles. The molecule has 0 fully saturated rings. The molecular formula is C15H25IN4O. The predicted octanol–water partition coefficient (Wildman–Crippen LogP) is 1.79.